The van der Waals surface area contributed by atoms with E-state index in [1.54, 1.807) is 6.20 Å². The smallest absolute Gasteiger partial charge is 0.220 e. The number of hydrogen-bond donors (Lipinski definition) is 2. The molecule has 9 rings (SSSR count). The van der Waals surface area contributed by atoms with Crippen LogP contribution in [-0.2, 0) is 11.2 Å². The first-order chi connectivity index (χ1) is 24.9. The normalized spacial score (nSPS) is 18.9. The van der Waals surface area contributed by atoms with E-state index in [1.807, 2.05) is 36.5 Å². The largest absolute Gasteiger partial charge is 0.349 e. The minimum Gasteiger partial charge on any atom is -0.349 e. The molecule has 0 aliphatic carbocycles. The Morgan fingerprint density at radius 1 is 0.706 bits per heavy atom. The molecule has 51 heavy (non-hydrogen) atoms. The van der Waals surface area contributed by atoms with Gasteiger partial charge in [-0.15, -0.1) is 0 Å². The van der Waals surface area contributed by atoms with Crippen LogP contribution in [0.1, 0.15) is 72.7 Å². The molecule has 0 bridgehead atoms. The number of nitrogens with one attached hydrogen (secondary N) is 2. The highest BCUT2D eigenvalue weighted by Gasteiger charge is 2.27. The number of hydrogen-bond acceptors (Lipinski definition) is 6. The number of aryl methyl sites for hydroxylation is 1. The van der Waals surface area contributed by atoms with Gasteiger partial charge in [0.1, 0.15) is 26.4 Å². The van der Waals surface area contributed by atoms with Crippen LogP contribution in [0.15, 0.2) is 134 Å². The second kappa shape index (κ2) is 16.4. The van der Waals surface area contributed by atoms with E-state index in [0.29, 0.717) is 12.5 Å². The molecule has 3 aromatic heterocycles. The number of anilines is 1. The lowest BCUT2D eigenvalue weighted by molar-refractivity contribution is -0.119. The van der Waals surface area contributed by atoms with E-state index in [1.165, 1.54) is 28.0 Å². The molecule has 0 saturated carbocycles. The van der Waals surface area contributed by atoms with Gasteiger partial charge in [0.15, 0.2) is 0 Å². The highest BCUT2D eigenvalue weighted by molar-refractivity contribution is 9.11. The zero-order valence-corrected chi connectivity index (χ0v) is 32.5. The topological polar surface area (TPSA) is 97.1 Å². The van der Waals surface area contributed by atoms with E-state index < -0.39 is 0 Å². The molecule has 3 aromatic carbocycles. The van der Waals surface area contributed by atoms with Crippen molar-refractivity contribution in [2.24, 2.45) is 4.99 Å². The van der Waals surface area contributed by atoms with Crippen LogP contribution < -0.4 is 10.6 Å². The molecule has 8 nitrogen and oxygen atoms in total. The Labute approximate surface area is 322 Å². The third-order valence-electron chi connectivity index (χ3n) is 9.20. The Kier molecular flexibility index (Phi) is 11.4. The van der Waals surface area contributed by atoms with Gasteiger partial charge in [-0.05, 0) is 95.9 Å². The number of carbonyl (C=O) groups is 1. The van der Waals surface area contributed by atoms with Gasteiger partial charge < -0.3 is 15.2 Å². The maximum Gasteiger partial charge on any atom is 0.220 e. The quantitative estimate of drug-likeness (QED) is 0.172. The molecular formula is C40H36Br3N7O. The summed E-state index contributed by atoms with van der Waals surface area (Å²) in [5.41, 5.74) is 6.94. The molecule has 6 heterocycles. The summed E-state index contributed by atoms with van der Waals surface area (Å²) >= 11 is 10.3. The fourth-order valence-corrected chi connectivity index (χ4v) is 8.12. The van der Waals surface area contributed by atoms with Crippen LogP contribution in [0.5, 0.6) is 0 Å². The molecule has 1 saturated heterocycles. The number of halogens is 3. The summed E-state index contributed by atoms with van der Waals surface area (Å²) in [6.45, 7) is 0. The molecule has 258 valence electrons. The summed E-state index contributed by atoms with van der Waals surface area (Å²) in [5.74, 6) is 2.36. The Morgan fingerprint density at radius 2 is 1.35 bits per heavy atom. The average molecular weight is 870 g/mol. The van der Waals surface area contributed by atoms with Crippen LogP contribution in [0, 0.1) is 0 Å². The number of aromatic nitrogens is 4. The highest BCUT2D eigenvalue weighted by Crippen LogP contribution is 2.36. The first-order valence-electron chi connectivity index (χ1n) is 17.0. The van der Waals surface area contributed by atoms with Gasteiger partial charge >= 0.3 is 0 Å². The number of pyridine rings is 2. The Balaban J connectivity index is 0.000000123. The Hall–Kier alpha value is -4.19. The van der Waals surface area contributed by atoms with Gasteiger partial charge in [-0.2, -0.15) is 0 Å². The average Bonchev–Trinajstić information content (AvgIpc) is 3.97. The summed E-state index contributed by atoms with van der Waals surface area (Å²) in [4.78, 5) is 28.9. The van der Waals surface area contributed by atoms with E-state index >= 15 is 0 Å². The fourth-order valence-electron chi connectivity index (χ4n) is 6.74. The number of amides is 1. The zero-order chi connectivity index (χ0) is 35.2. The minimum absolute atomic E-state index is 0.170. The van der Waals surface area contributed by atoms with Crippen molar-refractivity contribution in [3.05, 3.63) is 152 Å². The van der Waals surface area contributed by atoms with Crippen LogP contribution in [0.4, 0.5) is 5.69 Å². The molecule has 3 aliphatic rings. The van der Waals surface area contributed by atoms with Crippen LogP contribution in [0.3, 0.4) is 0 Å². The van der Waals surface area contributed by atoms with Gasteiger partial charge in [-0.3, -0.25) is 9.79 Å². The van der Waals surface area contributed by atoms with Crippen LogP contribution >= 0.6 is 47.8 Å². The van der Waals surface area contributed by atoms with Crippen molar-refractivity contribution in [1.82, 2.24) is 24.8 Å². The molecule has 0 spiro atoms. The van der Waals surface area contributed by atoms with Crippen molar-refractivity contribution in [3.8, 4) is 0 Å². The summed E-state index contributed by atoms with van der Waals surface area (Å²) in [5, 5.41) is 6.29. The van der Waals surface area contributed by atoms with Crippen molar-refractivity contribution in [2.75, 3.05) is 5.32 Å². The number of amidine groups is 1. The second-order valence-corrected chi connectivity index (χ2v) is 15.1. The van der Waals surface area contributed by atoms with Crippen LogP contribution in [0.25, 0.3) is 11.0 Å². The Bertz CT molecular complexity index is 2140. The van der Waals surface area contributed by atoms with Crippen LogP contribution in [0.2, 0.25) is 0 Å². The molecule has 0 radical (unpaired) electrons. The van der Waals surface area contributed by atoms with E-state index in [0.717, 1.165) is 62.8 Å². The van der Waals surface area contributed by atoms with Gasteiger partial charge in [0, 0.05) is 23.7 Å². The number of carbonyl (C=O) groups excluding carboxylic acids is 1. The first kappa shape index (κ1) is 35.2. The summed E-state index contributed by atoms with van der Waals surface area (Å²) in [7, 11) is 0. The van der Waals surface area contributed by atoms with E-state index in [9.17, 15) is 4.79 Å². The molecular weight excluding hydrogens is 834 g/mol. The molecule has 3 atom stereocenters. The number of benzene rings is 3. The highest BCUT2D eigenvalue weighted by atomic mass is 79.9. The van der Waals surface area contributed by atoms with Crippen molar-refractivity contribution >= 4 is 76.3 Å². The molecule has 2 N–H and O–H groups in total. The molecule has 3 aliphatic heterocycles. The number of nitrogens with zero attached hydrogens (tertiary/aromatic N) is 5. The van der Waals surface area contributed by atoms with E-state index in [2.05, 4.69) is 151 Å². The van der Waals surface area contributed by atoms with E-state index in [4.69, 9.17) is 4.99 Å². The van der Waals surface area contributed by atoms with Gasteiger partial charge in [-0.25, -0.2) is 15.0 Å². The number of rotatable bonds is 4. The van der Waals surface area contributed by atoms with Gasteiger partial charge in [-0.1, -0.05) is 91.0 Å². The third-order valence-corrected chi connectivity index (χ3v) is 10.7. The standard InChI is InChI=1S/C15H13Br2N3.C15H12BrN3.C10H11NO/c16-11-8-14(17)18-9-13(11)20-15-7-6-12(19-15)10-4-2-1-3-5-10;16-14-8-13-11(9-17-14)18-15-7-6-12(19(13)15)10-4-2-1-3-5-10;12-10-7-6-9(11-10)8-4-2-1-3-5-8/h1-5,8-9,12H,6-7H2,(H,19,20);1-5,8-9,12H,6-7H2;1-5,9H,6-7H2,(H,11,12). The number of aliphatic imine (C=N–C) groups is 1. The van der Waals surface area contributed by atoms with E-state index in [-0.39, 0.29) is 18.0 Å². The maximum absolute atomic E-state index is 10.9. The van der Waals surface area contributed by atoms with Crippen molar-refractivity contribution in [3.63, 3.8) is 0 Å². The van der Waals surface area contributed by atoms with Crippen LogP contribution in [-0.4, -0.2) is 31.3 Å². The van der Waals surface area contributed by atoms with Gasteiger partial charge in [0.2, 0.25) is 5.91 Å². The van der Waals surface area contributed by atoms with Gasteiger partial charge in [0.25, 0.3) is 0 Å². The fraction of sp³-hybridized carbons (Fsp3) is 0.225. The maximum atomic E-state index is 10.9. The van der Waals surface area contributed by atoms with Gasteiger partial charge in [0.05, 0.1) is 41.7 Å². The summed E-state index contributed by atoms with van der Waals surface area (Å²) in [6, 6.07) is 36.1. The molecule has 1 fully saturated rings. The summed E-state index contributed by atoms with van der Waals surface area (Å²) < 4.78 is 5.01. The molecule has 6 aromatic rings. The SMILES string of the molecule is Brc1cc(Br)c(NC2=NC(c3ccccc3)CC2)cn1.Brc1cc2c(cn1)nc1n2C(c2ccccc2)CC1.O=C1CCC(c2ccccc2)N1. The lowest BCUT2D eigenvalue weighted by atomic mass is 10.0. The zero-order valence-electron chi connectivity index (χ0n) is 27.7. The Morgan fingerprint density at radius 3 is 2.02 bits per heavy atom. The minimum atomic E-state index is 0.170. The predicted octanol–water partition coefficient (Wildman–Crippen LogP) is 10.3. The predicted molar refractivity (Wildman–Crippen MR) is 214 cm³/mol. The lowest BCUT2D eigenvalue weighted by Gasteiger charge is -2.14. The lowest BCUT2D eigenvalue weighted by Crippen LogP contribution is -2.17. The van der Waals surface area contributed by atoms with Crippen molar-refractivity contribution in [2.45, 2.75) is 56.7 Å². The first-order valence-corrected chi connectivity index (χ1v) is 19.4. The van der Waals surface area contributed by atoms with Crippen molar-refractivity contribution in [1.29, 1.82) is 0 Å². The monoisotopic (exact) mass is 867 g/mol. The number of fused-ring (bicyclic) bond motifs is 3. The van der Waals surface area contributed by atoms with Crippen molar-refractivity contribution < 1.29 is 4.79 Å². The molecule has 3 unspecified atom stereocenters. The third kappa shape index (κ3) is 8.65. The summed E-state index contributed by atoms with van der Waals surface area (Å²) in [6.07, 6.45) is 9.41. The second-order valence-electron chi connectivity index (χ2n) is 12.6. The molecule has 11 heteroatoms. The number of imidazole rings is 1. The molecule has 1 amide bonds.